The van der Waals surface area contributed by atoms with Crippen molar-refractivity contribution in [3.63, 3.8) is 0 Å². The highest BCUT2D eigenvalue weighted by atomic mass is 35.5. The van der Waals surface area contributed by atoms with Gasteiger partial charge in [-0.2, -0.15) is 0 Å². The lowest BCUT2D eigenvalue weighted by Crippen LogP contribution is -2.20. The van der Waals surface area contributed by atoms with Crippen LogP contribution in [0.2, 0.25) is 5.02 Å². The van der Waals surface area contributed by atoms with Crippen LogP contribution in [0.25, 0.3) is 0 Å². The second-order valence-corrected chi connectivity index (χ2v) is 5.60. The van der Waals surface area contributed by atoms with E-state index in [0.717, 1.165) is 11.4 Å². The van der Waals surface area contributed by atoms with E-state index in [1.165, 1.54) is 0 Å². The molecule has 0 saturated heterocycles. The van der Waals surface area contributed by atoms with Gasteiger partial charge in [0.15, 0.2) is 6.61 Å². The lowest BCUT2D eigenvalue weighted by molar-refractivity contribution is -0.118. The summed E-state index contributed by atoms with van der Waals surface area (Å²) in [6.07, 6.45) is 0. The zero-order valence-corrected chi connectivity index (χ0v) is 13.4. The van der Waals surface area contributed by atoms with Crippen LogP contribution in [0.1, 0.15) is 13.8 Å². The molecule has 2 rings (SSSR count). The van der Waals surface area contributed by atoms with Crippen molar-refractivity contribution in [3.05, 3.63) is 53.6 Å². The van der Waals surface area contributed by atoms with E-state index in [4.69, 9.17) is 16.3 Å². The van der Waals surface area contributed by atoms with Crippen LogP contribution < -0.4 is 15.4 Å². The summed E-state index contributed by atoms with van der Waals surface area (Å²) in [6, 6.07) is 14.8. The summed E-state index contributed by atoms with van der Waals surface area (Å²) in [5, 5.41) is 6.71. The number of ether oxygens (including phenoxy) is 1. The second kappa shape index (κ2) is 7.71. The number of carbonyl (C=O) groups is 1. The molecule has 0 aliphatic carbocycles. The zero-order valence-electron chi connectivity index (χ0n) is 12.6. The number of anilines is 2. The van der Waals surface area contributed by atoms with Crippen LogP contribution in [-0.2, 0) is 4.79 Å². The smallest absolute Gasteiger partial charge is 0.262 e. The van der Waals surface area contributed by atoms with Gasteiger partial charge in [0.25, 0.3) is 5.91 Å². The minimum atomic E-state index is -0.209. The molecule has 0 atom stereocenters. The number of hydrogen-bond donors (Lipinski definition) is 2. The highest BCUT2D eigenvalue weighted by Gasteiger charge is 2.04. The van der Waals surface area contributed by atoms with Crippen LogP contribution in [0.5, 0.6) is 5.75 Å². The summed E-state index contributed by atoms with van der Waals surface area (Å²) in [5.74, 6) is 0.399. The third-order valence-electron chi connectivity index (χ3n) is 2.81. The Balaban J connectivity index is 1.82. The van der Waals surface area contributed by atoms with Crippen LogP contribution in [0.4, 0.5) is 11.4 Å². The Bertz CT molecular complexity index is 610. The Morgan fingerprint density at radius 1 is 1.05 bits per heavy atom. The molecule has 5 heteroatoms. The number of halogens is 1. The van der Waals surface area contributed by atoms with Gasteiger partial charge in [0.1, 0.15) is 5.75 Å². The predicted octanol–water partition coefficient (Wildman–Crippen LogP) is 4.18. The van der Waals surface area contributed by atoms with E-state index in [0.29, 0.717) is 16.8 Å². The molecular formula is C17H19ClN2O2. The van der Waals surface area contributed by atoms with Crippen molar-refractivity contribution in [2.24, 2.45) is 0 Å². The standard InChI is InChI=1S/C17H19ClN2O2/c1-12(2)19-14-5-7-15(8-6-14)20-17(21)11-22-16-9-3-13(18)4-10-16/h3-10,12,19H,11H2,1-2H3,(H,20,21). The van der Waals surface area contributed by atoms with E-state index >= 15 is 0 Å². The monoisotopic (exact) mass is 318 g/mol. The topological polar surface area (TPSA) is 50.4 Å². The quantitative estimate of drug-likeness (QED) is 0.840. The van der Waals surface area contributed by atoms with E-state index in [1.807, 2.05) is 24.3 Å². The molecule has 0 spiro atoms. The van der Waals surface area contributed by atoms with Gasteiger partial charge in [-0.25, -0.2) is 0 Å². The summed E-state index contributed by atoms with van der Waals surface area (Å²) in [6.45, 7) is 4.10. The maximum atomic E-state index is 11.8. The van der Waals surface area contributed by atoms with Gasteiger partial charge >= 0.3 is 0 Å². The van der Waals surface area contributed by atoms with Crippen molar-refractivity contribution >= 4 is 28.9 Å². The molecule has 0 bridgehead atoms. The van der Waals surface area contributed by atoms with Gasteiger partial charge in [0.2, 0.25) is 0 Å². The zero-order chi connectivity index (χ0) is 15.9. The van der Waals surface area contributed by atoms with Crippen LogP contribution in [0.15, 0.2) is 48.5 Å². The molecule has 0 aliphatic heterocycles. The molecule has 0 heterocycles. The highest BCUT2D eigenvalue weighted by molar-refractivity contribution is 6.30. The largest absolute Gasteiger partial charge is 0.484 e. The van der Waals surface area contributed by atoms with Crippen molar-refractivity contribution in [3.8, 4) is 5.75 Å². The van der Waals surface area contributed by atoms with Crippen LogP contribution in [-0.4, -0.2) is 18.6 Å². The minimum Gasteiger partial charge on any atom is -0.484 e. The van der Waals surface area contributed by atoms with E-state index in [-0.39, 0.29) is 12.5 Å². The van der Waals surface area contributed by atoms with Crippen molar-refractivity contribution in [1.29, 1.82) is 0 Å². The molecule has 116 valence electrons. The van der Waals surface area contributed by atoms with Crippen molar-refractivity contribution < 1.29 is 9.53 Å². The molecule has 0 unspecified atom stereocenters. The van der Waals surface area contributed by atoms with Crippen LogP contribution >= 0.6 is 11.6 Å². The molecule has 2 aromatic rings. The average Bonchev–Trinajstić information content (AvgIpc) is 2.48. The lowest BCUT2D eigenvalue weighted by Gasteiger charge is -2.11. The summed E-state index contributed by atoms with van der Waals surface area (Å²) in [7, 11) is 0. The van der Waals surface area contributed by atoms with Crippen molar-refractivity contribution in [2.75, 3.05) is 17.2 Å². The van der Waals surface area contributed by atoms with Gasteiger partial charge in [-0.05, 0) is 62.4 Å². The van der Waals surface area contributed by atoms with Gasteiger partial charge < -0.3 is 15.4 Å². The molecule has 22 heavy (non-hydrogen) atoms. The maximum Gasteiger partial charge on any atom is 0.262 e. The van der Waals surface area contributed by atoms with E-state index < -0.39 is 0 Å². The van der Waals surface area contributed by atoms with Crippen molar-refractivity contribution in [2.45, 2.75) is 19.9 Å². The van der Waals surface area contributed by atoms with Crippen LogP contribution in [0, 0.1) is 0 Å². The first-order valence-electron chi connectivity index (χ1n) is 7.08. The molecular weight excluding hydrogens is 300 g/mol. The number of benzene rings is 2. The van der Waals surface area contributed by atoms with Crippen LogP contribution in [0.3, 0.4) is 0 Å². The van der Waals surface area contributed by atoms with E-state index in [2.05, 4.69) is 24.5 Å². The highest BCUT2D eigenvalue weighted by Crippen LogP contribution is 2.16. The van der Waals surface area contributed by atoms with E-state index in [9.17, 15) is 4.79 Å². The fourth-order valence-electron chi connectivity index (χ4n) is 1.86. The summed E-state index contributed by atoms with van der Waals surface area (Å²) in [5.41, 5.74) is 1.75. The minimum absolute atomic E-state index is 0.0480. The van der Waals surface area contributed by atoms with Gasteiger partial charge in [0.05, 0.1) is 0 Å². The van der Waals surface area contributed by atoms with Gasteiger partial charge in [-0.1, -0.05) is 11.6 Å². The van der Waals surface area contributed by atoms with Gasteiger partial charge in [0, 0.05) is 22.4 Å². The Labute approximate surface area is 135 Å². The number of carbonyl (C=O) groups excluding carboxylic acids is 1. The summed E-state index contributed by atoms with van der Waals surface area (Å²) >= 11 is 5.79. The molecule has 0 aromatic heterocycles. The first-order valence-corrected chi connectivity index (χ1v) is 7.45. The Morgan fingerprint density at radius 2 is 1.64 bits per heavy atom. The maximum absolute atomic E-state index is 11.8. The fourth-order valence-corrected chi connectivity index (χ4v) is 1.99. The van der Waals surface area contributed by atoms with E-state index in [1.54, 1.807) is 24.3 Å². The predicted molar refractivity (Wildman–Crippen MR) is 90.8 cm³/mol. The third-order valence-corrected chi connectivity index (χ3v) is 3.06. The molecule has 0 aliphatic rings. The number of nitrogens with one attached hydrogen (secondary N) is 2. The number of hydrogen-bond acceptors (Lipinski definition) is 3. The molecule has 0 fully saturated rings. The normalized spacial score (nSPS) is 10.4. The number of amides is 1. The first kappa shape index (κ1) is 16.2. The number of rotatable bonds is 6. The molecule has 0 radical (unpaired) electrons. The molecule has 2 aromatic carbocycles. The fraction of sp³-hybridized carbons (Fsp3) is 0.235. The second-order valence-electron chi connectivity index (χ2n) is 5.17. The Morgan fingerprint density at radius 3 is 2.23 bits per heavy atom. The average molecular weight is 319 g/mol. The molecule has 1 amide bonds. The van der Waals surface area contributed by atoms with Crippen molar-refractivity contribution in [1.82, 2.24) is 0 Å². The Kier molecular flexibility index (Phi) is 5.67. The first-order chi connectivity index (χ1) is 10.5. The van der Waals surface area contributed by atoms with Gasteiger partial charge in [-0.15, -0.1) is 0 Å². The molecule has 0 saturated carbocycles. The SMILES string of the molecule is CC(C)Nc1ccc(NC(=O)COc2ccc(Cl)cc2)cc1. The summed E-state index contributed by atoms with van der Waals surface area (Å²) < 4.78 is 5.39. The third kappa shape index (κ3) is 5.30. The molecule has 2 N–H and O–H groups in total. The molecule has 4 nitrogen and oxygen atoms in total. The van der Waals surface area contributed by atoms with Gasteiger partial charge in [-0.3, -0.25) is 4.79 Å². The summed E-state index contributed by atoms with van der Waals surface area (Å²) in [4.78, 5) is 11.8. The Hall–Kier alpha value is -2.20. The lowest BCUT2D eigenvalue weighted by atomic mass is 10.2.